The van der Waals surface area contributed by atoms with Crippen molar-refractivity contribution in [2.75, 3.05) is 26.2 Å². The third-order valence-electron chi connectivity index (χ3n) is 4.00. The van der Waals surface area contributed by atoms with Gasteiger partial charge in [-0.25, -0.2) is 0 Å². The van der Waals surface area contributed by atoms with Gasteiger partial charge in [-0.2, -0.15) is 0 Å². The first kappa shape index (κ1) is 16.0. The Bertz CT molecular complexity index is 577. The fraction of sp³-hybridized carbons (Fsp3) is 0.333. The average Bonchev–Trinajstić information content (AvgIpc) is 2.49. The number of nitrogens with one attached hydrogen (secondary N) is 1. The lowest BCUT2D eigenvalue weighted by molar-refractivity contribution is 0.233. The number of hydrogen-bond acceptors (Lipinski definition) is 2. The van der Waals surface area contributed by atoms with Crippen LogP contribution in [0, 0.1) is 6.92 Å². The molecule has 1 N–H and O–H groups in total. The molecule has 0 amide bonds. The lowest BCUT2D eigenvalue weighted by Crippen LogP contribution is -2.42. The highest BCUT2D eigenvalue weighted by atomic mass is 35.5. The molecule has 3 rings (SSSR count). The molecule has 2 aromatic carbocycles. The standard InChI is InChI=1S/C18H22N2.ClH/c1-15-5-2-3-8-18(15)17-7-4-6-16(13-17)14-20-11-9-19-10-12-20;/h2-8,13,19H,9-12,14H2,1H3;1H. The molecule has 1 aliphatic rings. The fourth-order valence-corrected chi connectivity index (χ4v) is 2.86. The van der Waals surface area contributed by atoms with Gasteiger partial charge in [0, 0.05) is 32.7 Å². The van der Waals surface area contributed by atoms with Crippen LogP contribution >= 0.6 is 12.4 Å². The van der Waals surface area contributed by atoms with E-state index < -0.39 is 0 Å². The number of aryl methyl sites for hydroxylation is 1. The van der Waals surface area contributed by atoms with Gasteiger partial charge < -0.3 is 5.32 Å². The lowest BCUT2D eigenvalue weighted by atomic mass is 9.99. The molecular formula is C18H23ClN2. The summed E-state index contributed by atoms with van der Waals surface area (Å²) in [6, 6.07) is 17.6. The van der Waals surface area contributed by atoms with E-state index in [0.29, 0.717) is 0 Å². The first-order valence-corrected chi connectivity index (χ1v) is 7.41. The van der Waals surface area contributed by atoms with E-state index in [1.807, 2.05) is 0 Å². The summed E-state index contributed by atoms with van der Waals surface area (Å²) in [6.45, 7) is 7.75. The van der Waals surface area contributed by atoms with Gasteiger partial charge in [0.1, 0.15) is 0 Å². The molecule has 0 aromatic heterocycles. The maximum absolute atomic E-state index is 3.40. The molecule has 21 heavy (non-hydrogen) atoms. The molecule has 1 saturated heterocycles. The third-order valence-corrected chi connectivity index (χ3v) is 4.00. The third kappa shape index (κ3) is 4.07. The SMILES string of the molecule is Cc1ccccc1-c1cccc(CN2CCNCC2)c1.Cl. The Balaban J connectivity index is 0.00000161. The van der Waals surface area contributed by atoms with Crippen LogP contribution in [0.4, 0.5) is 0 Å². The van der Waals surface area contributed by atoms with Gasteiger partial charge in [0.2, 0.25) is 0 Å². The van der Waals surface area contributed by atoms with Crippen LogP contribution in [-0.2, 0) is 6.54 Å². The van der Waals surface area contributed by atoms with Gasteiger partial charge in [-0.15, -0.1) is 12.4 Å². The van der Waals surface area contributed by atoms with Crippen molar-refractivity contribution >= 4 is 12.4 Å². The maximum atomic E-state index is 3.40. The van der Waals surface area contributed by atoms with Crippen molar-refractivity contribution in [3.05, 3.63) is 59.7 Å². The number of piperazine rings is 1. The summed E-state index contributed by atoms with van der Waals surface area (Å²) in [5, 5.41) is 3.40. The van der Waals surface area contributed by atoms with E-state index in [2.05, 4.69) is 65.7 Å². The van der Waals surface area contributed by atoms with E-state index in [1.165, 1.54) is 22.3 Å². The van der Waals surface area contributed by atoms with Gasteiger partial charge in [-0.1, -0.05) is 42.5 Å². The van der Waals surface area contributed by atoms with Gasteiger partial charge >= 0.3 is 0 Å². The largest absolute Gasteiger partial charge is 0.314 e. The van der Waals surface area contributed by atoms with Crippen molar-refractivity contribution in [2.24, 2.45) is 0 Å². The summed E-state index contributed by atoms with van der Waals surface area (Å²) < 4.78 is 0. The first-order chi connectivity index (χ1) is 9.83. The molecule has 1 heterocycles. The van der Waals surface area contributed by atoms with Crippen LogP contribution in [0.25, 0.3) is 11.1 Å². The molecule has 0 bridgehead atoms. The van der Waals surface area contributed by atoms with Crippen molar-refractivity contribution in [2.45, 2.75) is 13.5 Å². The summed E-state index contributed by atoms with van der Waals surface area (Å²) in [5.41, 5.74) is 5.42. The number of halogens is 1. The number of benzene rings is 2. The Labute approximate surface area is 133 Å². The molecule has 0 spiro atoms. The smallest absolute Gasteiger partial charge is 0.0235 e. The van der Waals surface area contributed by atoms with E-state index >= 15 is 0 Å². The predicted octanol–water partition coefficient (Wildman–Crippen LogP) is 3.49. The second-order valence-corrected chi connectivity index (χ2v) is 5.54. The summed E-state index contributed by atoms with van der Waals surface area (Å²) in [6.07, 6.45) is 0. The van der Waals surface area contributed by atoms with Crippen LogP contribution in [0.3, 0.4) is 0 Å². The molecule has 1 aliphatic heterocycles. The minimum atomic E-state index is 0. The zero-order chi connectivity index (χ0) is 13.8. The fourth-order valence-electron chi connectivity index (χ4n) is 2.86. The van der Waals surface area contributed by atoms with Gasteiger partial charge in [0.05, 0.1) is 0 Å². The van der Waals surface area contributed by atoms with Crippen molar-refractivity contribution in [1.82, 2.24) is 10.2 Å². The van der Waals surface area contributed by atoms with Gasteiger partial charge in [-0.05, 0) is 35.2 Å². The Morgan fingerprint density at radius 1 is 1.00 bits per heavy atom. The number of rotatable bonds is 3. The predicted molar refractivity (Wildman–Crippen MR) is 92.0 cm³/mol. The molecule has 0 aliphatic carbocycles. The van der Waals surface area contributed by atoms with Crippen molar-refractivity contribution in [3.63, 3.8) is 0 Å². The molecular weight excluding hydrogens is 280 g/mol. The Kier molecular flexibility index (Phi) is 5.80. The zero-order valence-electron chi connectivity index (χ0n) is 12.5. The highest BCUT2D eigenvalue weighted by Crippen LogP contribution is 2.24. The molecule has 1 fully saturated rings. The van der Waals surface area contributed by atoms with E-state index in [1.54, 1.807) is 0 Å². The van der Waals surface area contributed by atoms with Crippen LogP contribution in [0.1, 0.15) is 11.1 Å². The minimum Gasteiger partial charge on any atom is -0.314 e. The molecule has 3 heteroatoms. The molecule has 0 unspecified atom stereocenters. The molecule has 2 nitrogen and oxygen atoms in total. The van der Waals surface area contributed by atoms with Crippen molar-refractivity contribution in [1.29, 1.82) is 0 Å². The molecule has 0 saturated carbocycles. The summed E-state index contributed by atoms with van der Waals surface area (Å²) in [5.74, 6) is 0. The van der Waals surface area contributed by atoms with E-state index in [4.69, 9.17) is 0 Å². The van der Waals surface area contributed by atoms with Crippen LogP contribution in [0.5, 0.6) is 0 Å². The van der Waals surface area contributed by atoms with Gasteiger partial charge in [0.15, 0.2) is 0 Å². The second kappa shape index (κ2) is 7.60. The summed E-state index contributed by atoms with van der Waals surface area (Å²) in [7, 11) is 0. The minimum absolute atomic E-state index is 0. The maximum Gasteiger partial charge on any atom is 0.0235 e. The number of hydrogen-bond donors (Lipinski definition) is 1. The molecule has 2 aromatic rings. The van der Waals surface area contributed by atoms with Crippen LogP contribution < -0.4 is 5.32 Å². The molecule has 0 atom stereocenters. The van der Waals surface area contributed by atoms with Crippen LogP contribution in [-0.4, -0.2) is 31.1 Å². The molecule has 0 radical (unpaired) electrons. The monoisotopic (exact) mass is 302 g/mol. The first-order valence-electron chi connectivity index (χ1n) is 7.41. The Morgan fingerprint density at radius 3 is 2.52 bits per heavy atom. The quantitative estimate of drug-likeness (QED) is 0.934. The van der Waals surface area contributed by atoms with Crippen molar-refractivity contribution in [3.8, 4) is 11.1 Å². The second-order valence-electron chi connectivity index (χ2n) is 5.54. The topological polar surface area (TPSA) is 15.3 Å². The summed E-state index contributed by atoms with van der Waals surface area (Å²) >= 11 is 0. The number of nitrogens with zero attached hydrogens (tertiary/aromatic N) is 1. The lowest BCUT2D eigenvalue weighted by Gasteiger charge is -2.27. The molecule has 112 valence electrons. The van der Waals surface area contributed by atoms with Crippen LogP contribution in [0.2, 0.25) is 0 Å². The van der Waals surface area contributed by atoms with Gasteiger partial charge in [0.25, 0.3) is 0 Å². The highest BCUT2D eigenvalue weighted by molar-refractivity contribution is 5.85. The Morgan fingerprint density at radius 2 is 1.76 bits per heavy atom. The summed E-state index contributed by atoms with van der Waals surface area (Å²) in [4.78, 5) is 2.52. The highest BCUT2D eigenvalue weighted by Gasteiger charge is 2.10. The normalized spacial score (nSPS) is 15.5. The van der Waals surface area contributed by atoms with Gasteiger partial charge in [-0.3, -0.25) is 4.90 Å². The zero-order valence-corrected chi connectivity index (χ0v) is 13.3. The van der Waals surface area contributed by atoms with Crippen LogP contribution in [0.15, 0.2) is 48.5 Å². The Hall–Kier alpha value is -1.35. The van der Waals surface area contributed by atoms with E-state index in [0.717, 1.165) is 32.7 Å². The van der Waals surface area contributed by atoms with Crippen molar-refractivity contribution < 1.29 is 0 Å². The van der Waals surface area contributed by atoms with E-state index in [-0.39, 0.29) is 12.4 Å². The average molecular weight is 303 g/mol. The van der Waals surface area contributed by atoms with E-state index in [9.17, 15) is 0 Å².